The van der Waals surface area contributed by atoms with Crippen molar-refractivity contribution in [2.24, 2.45) is 0 Å². The van der Waals surface area contributed by atoms with Crippen LogP contribution >= 0.6 is 0 Å². The molecule has 166 valence electrons. The average molecular weight is 434 g/mol. The second-order valence-corrected chi connectivity index (χ2v) is 7.80. The maximum Gasteiger partial charge on any atom is 0.256 e. The maximum absolute atomic E-state index is 13.3. The van der Waals surface area contributed by atoms with Gasteiger partial charge < -0.3 is 19.9 Å². The summed E-state index contributed by atoms with van der Waals surface area (Å²) in [6.07, 6.45) is 1.34. The molecule has 0 unspecified atom stereocenters. The van der Waals surface area contributed by atoms with Gasteiger partial charge in [0, 0.05) is 25.0 Å². The molecule has 32 heavy (non-hydrogen) atoms. The molecule has 7 nitrogen and oxygen atoms in total. The third-order valence-corrected chi connectivity index (χ3v) is 5.26. The number of pyridine rings is 1. The highest BCUT2D eigenvalue weighted by atomic mass is 16.5. The molecule has 0 saturated heterocycles. The summed E-state index contributed by atoms with van der Waals surface area (Å²) in [6.45, 7) is 4.20. The summed E-state index contributed by atoms with van der Waals surface area (Å²) in [7, 11) is 3.12. The Bertz CT molecular complexity index is 1110. The number of hydrogen-bond acceptors (Lipinski definition) is 4. The van der Waals surface area contributed by atoms with Gasteiger partial charge >= 0.3 is 0 Å². The zero-order valence-corrected chi connectivity index (χ0v) is 18.6. The summed E-state index contributed by atoms with van der Waals surface area (Å²) in [5.74, 6) is 0.278. The van der Waals surface area contributed by atoms with Crippen LogP contribution in [0, 0.1) is 0 Å². The lowest BCUT2D eigenvalue weighted by Gasteiger charge is -2.28. The van der Waals surface area contributed by atoms with Crippen molar-refractivity contribution in [2.75, 3.05) is 19.5 Å². The van der Waals surface area contributed by atoms with Gasteiger partial charge in [0.15, 0.2) is 0 Å². The predicted octanol–water partition coefficient (Wildman–Crippen LogP) is 3.96. The quantitative estimate of drug-likeness (QED) is 0.590. The molecule has 0 bridgehead atoms. The number of ether oxygens (including phenoxy) is 1. The van der Waals surface area contributed by atoms with E-state index in [0.29, 0.717) is 22.9 Å². The number of aromatic amines is 1. The molecule has 2 N–H and O–H groups in total. The molecule has 1 aromatic heterocycles. The maximum atomic E-state index is 13.3. The lowest BCUT2D eigenvalue weighted by atomic mass is 10.0. The Morgan fingerprint density at radius 3 is 2.09 bits per heavy atom. The van der Waals surface area contributed by atoms with E-state index in [9.17, 15) is 14.4 Å². The average Bonchev–Trinajstić information content (AvgIpc) is 2.80. The van der Waals surface area contributed by atoms with E-state index in [1.54, 1.807) is 38.4 Å². The van der Waals surface area contributed by atoms with Gasteiger partial charge in [0.25, 0.3) is 11.8 Å². The molecule has 1 atom stereocenters. The number of amides is 2. The standard InChI is InChI=1S/C25H27N3O4/c1-16(2)17-5-10-20(11-6-17)27-24(30)23(18-7-12-21(32-4)13-8-18)28(3)25(31)19-9-14-22(29)26-15-19/h5-16,23H,1-4H3,(H,26,29)(H,27,30)/t23-/m0/s1. The Morgan fingerprint density at radius 2 is 1.56 bits per heavy atom. The van der Waals surface area contributed by atoms with Gasteiger partial charge in [-0.05, 0) is 47.4 Å². The fourth-order valence-corrected chi connectivity index (χ4v) is 3.36. The van der Waals surface area contributed by atoms with Crippen molar-refractivity contribution in [1.29, 1.82) is 0 Å². The first-order valence-corrected chi connectivity index (χ1v) is 10.3. The van der Waals surface area contributed by atoms with Crippen molar-refractivity contribution in [2.45, 2.75) is 25.8 Å². The number of methoxy groups -OCH3 is 1. The summed E-state index contributed by atoms with van der Waals surface area (Å²) < 4.78 is 5.21. The number of anilines is 1. The predicted molar refractivity (Wildman–Crippen MR) is 124 cm³/mol. The lowest BCUT2D eigenvalue weighted by Crippen LogP contribution is -2.38. The van der Waals surface area contributed by atoms with Crippen molar-refractivity contribution in [3.63, 3.8) is 0 Å². The Morgan fingerprint density at radius 1 is 0.938 bits per heavy atom. The minimum atomic E-state index is -0.898. The first-order valence-electron chi connectivity index (χ1n) is 10.3. The number of nitrogens with one attached hydrogen (secondary N) is 2. The summed E-state index contributed by atoms with van der Waals surface area (Å²) in [5.41, 5.74) is 2.41. The van der Waals surface area contributed by atoms with Crippen LogP contribution in [0.25, 0.3) is 0 Å². The van der Waals surface area contributed by atoms with Crippen LogP contribution in [0.3, 0.4) is 0 Å². The van der Waals surface area contributed by atoms with Crippen LogP contribution in [-0.2, 0) is 4.79 Å². The number of carbonyl (C=O) groups is 2. The molecular formula is C25H27N3O4. The molecule has 0 saturated carbocycles. The fourth-order valence-electron chi connectivity index (χ4n) is 3.36. The highest BCUT2D eigenvalue weighted by Crippen LogP contribution is 2.26. The number of hydrogen-bond donors (Lipinski definition) is 2. The fraction of sp³-hybridized carbons (Fsp3) is 0.240. The zero-order chi connectivity index (χ0) is 23.3. The van der Waals surface area contributed by atoms with Gasteiger partial charge in [0.2, 0.25) is 5.56 Å². The minimum Gasteiger partial charge on any atom is -0.497 e. The number of aromatic nitrogens is 1. The summed E-state index contributed by atoms with van der Waals surface area (Å²) >= 11 is 0. The monoisotopic (exact) mass is 433 g/mol. The van der Waals surface area contributed by atoms with Crippen LogP contribution in [0.2, 0.25) is 0 Å². The highest BCUT2D eigenvalue weighted by Gasteiger charge is 2.29. The van der Waals surface area contributed by atoms with Gasteiger partial charge in [-0.2, -0.15) is 0 Å². The third-order valence-electron chi connectivity index (χ3n) is 5.26. The number of H-pyrrole nitrogens is 1. The molecular weight excluding hydrogens is 406 g/mol. The van der Waals surface area contributed by atoms with Gasteiger partial charge in [-0.1, -0.05) is 38.1 Å². The summed E-state index contributed by atoms with van der Waals surface area (Å²) in [6, 6.07) is 16.4. The van der Waals surface area contributed by atoms with Crippen LogP contribution in [0.4, 0.5) is 5.69 Å². The van der Waals surface area contributed by atoms with E-state index >= 15 is 0 Å². The Labute approximate surface area is 187 Å². The SMILES string of the molecule is COc1ccc([C@@H](C(=O)Nc2ccc(C(C)C)cc2)N(C)C(=O)c2ccc(=O)[nH]c2)cc1. The van der Waals surface area contributed by atoms with E-state index in [1.165, 1.54) is 28.8 Å². The molecule has 0 fully saturated rings. The van der Waals surface area contributed by atoms with E-state index in [0.717, 1.165) is 0 Å². The number of likely N-dealkylation sites (N-methyl/N-ethyl adjacent to an activating group) is 1. The van der Waals surface area contributed by atoms with Crippen molar-refractivity contribution in [3.05, 3.63) is 93.9 Å². The topological polar surface area (TPSA) is 91.5 Å². The summed E-state index contributed by atoms with van der Waals surface area (Å²) in [4.78, 5) is 41.6. The Kier molecular flexibility index (Phi) is 7.10. The second kappa shape index (κ2) is 9.96. The molecule has 0 aliphatic heterocycles. The highest BCUT2D eigenvalue weighted by molar-refractivity contribution is 6.01. The minimum absolute atomic E-state index is 0.277. The molecule has 0 aliphatic rings. The molecule has 0 spiro atoms. The summed E-state index contributed by atoms with van der Waals surface area (Å²) in [5, 5.41) is 2.91. The van der Waals surface area contributed by atoms with E-state index in [1.807, 2.05) is 24.3 Å². The first kappa shape index (κ1) is 22.8. The van der Waals surface area contributed by atoms with E-state index < -0.39 is 11.9 Å². The number of benzene rings is 2. The molecule has 0 aliphatic carbocycles. The zero-order valence-electron chi connectivity index (χ0n) is 18.6. The molecule has 0 radical (unpaired) electrons. The van der Waals surface area contributed by atoms with Gasteiger partial charge in [0.05, 0.1) is 12.7 Å². The van der Waals surface area contributed by atoms with Crippen molar-refractivity contribution in [1.82, 2.24) is 9.88 Å². The van der Waals surface area contributed by atoms with Crippen molar-refractivity contribution < 1.29 is 14.3 Å². The van der Waals surface area contributed by atoms with Crippen molar-refractivity contribution >= 4 is 17.5 Å². The van der Waals surface area contributed by atoms with Crippen LogP contribution in [0.15, 0.2) is 71.7 Å². The normalized spacial score (nSPS) is 11.7. The van der Waals surface area contributed by atoms with Gasteiger partial charge in [-0.25, -0.2) is 0 Å². The molecule has 1 heterocycles. The molecule has 3 aromatic rings. The lowest BCUT2D eigenvalue weighted by molar-refractivity contribution is -0.120. The van der Waals surface area contributed by atoms with Gasteiger partial charge in [-0.15, -0.1) is 0 Å². The Balaban J connectivity index is 1.91. The third kappa shape index (κ3) is 5.24. The van der Waals surface area contributed by atoms with Gasteiger partial charge in [0.1, 0.15) is 11.8 Å². The van der Waals surface area contributed by atoms with Crippen LogP contribution in [0.1, 0.15) is 47.3 Å². The van der Waals surface area contributed by atoms with E-state index in [2.05, 4.69) is 24.1 Å². The van der Waals surface area contributed by atoms with Gasteiger partial charge in [-0.3, -0.25) is 14.4 Å². The smallest absolute Gasteiger partial charge is 0.256 e. The van der Waals surface area contributed by atoms with Crippen molar-refractivity contribution in [3.8, 4) is 5.75 Å². The largest absolute Gasteiger partial charge is 0.497 e. The first-order chi connectivity index (χ1) is 15.3. The van der Waals surface area contributed by atoms with Crippen LogP contribution in [0.5, 0.6) is 5.75 Å². The van der Waals surface area contributed by atoms with E-state index in [4.69, 9.17) is 4.74 Å². The molecule has 7 heteroatoms. The number of carbonyl (C=O) groups excluding carboxylic acids is 2. The number of rotatable bonds is 7. The molecule has 3 rings (SSSR count). The Hall–Kier alpha value is -3.87. The van der Waals surface area contributed by atoms with Crippen LogP contribution < -0.4 is 15.6 Å². The van der Waals surface area contributed by atoms with Crippen LogP contribution in [-0.4, -0.2) is 35.9 Å². The number of nitrogens with zero attached hydrogens (tertiary/aromatic N) is 1. The second-order valence-electron chi connectivity index (χ2n) is 7.80. The molecule has 2 aromatic carbocycles. The van der Waals surface area contributed by atoms with E-state index in [-0.39, 0.29) is 17.0 Å². The molecule has 2 amide bonds.